The minimum absolute atomic E-state index is 0.151. The van der Waals surface area contributed by atoms with Gasteiger partial charge in [-0.25, -0.2) is 4.79 Å². The van der Waals surface area contributed by atoms with E-state index < -0.39 is 0 Å². The number of benzene rings is 1. The molecular formula is C16H23NO2. The fourth-order valence-electron chi connectivity index (χ4n) is 2.68. The third kappa shape index (κ3) is 3.98. The number of hydrogen-bond acceptors (Lipinski definition) is 2. The zero-order chi connectivity index (χ0) is 13.5. The molecule has 0 aliphatic carbocycles. The first-order valence-corrected chi connectivity index (χ1v) is 7.28. The maximum atomic E-state index is 12.2. The molecule has 0 aromatic heterocycles. The highest BCUT2D eigenvalue weighted by Gasteiger charge is 2.26. The Kier molecular flexibility index (Phi) is 5.25. The van der Waals surface area contributed by atoms with Gasteiger partial charge in [-0.2, -0.15) is 0 Å². The Morgan fingerprint density at radius 1 is 1.32 bits per heavy atom. The van der Waals surface area contributed by atoms with E-state index in [-0.39, 0.29) is 6.09 Å². The number of rotatable bonds is 4. The van der Waals surface area contributed by atoms with Crippen LogP contribution in [0.2, 0.25) is 0 Å². The van der Waals surface area contributed by atoms with Gasteiger partial charge >= 0.3 is 6.09 Å². The first-order valence-electron chi connectivity index (χ1n) is 7.28. The number of carbonyl (C=O) groups is 1. The second-order valence-corrected chi connectivity index (χ2v) is 5.17. The summed E-state index contributed by atoms with van der Waals surface area (Å²) in [5.41, 5.74) is 1.04. The summed E-state index contributed by atoms with van der Waals surface area (Å²) in [6.07, 6.45) is 5.50. The van der Waals surface area contributed by atoms with Crippen LogP contribution in [0.1, 0.15) is 44.6 Å². The minimum Gasteiger partial charge on any atom is -0.445 e. The van der Waals surface area contributed by atoms with Crippen molar-refractivity contribution >= 4 is 6.09 Å². The van der Waals surface area contributed by atoms with Gasteiger partial charge in [-0.05, 0) is 31.2 Å². The average Bonchev–Trinajstić information content (AvgIpc) is 2.47. The van der Waals surface area contributed by atoms with Crippen LogP contribution in [-0.2, 0) is 11.3 Å². The van der Waals surface area contributed by atoms with Gasteiger partial charge in [-0.3, -0.25) is 0 Å². The van der Waals surface area contributed by atoms with Crippen LogP contribution in [0, 0.1) is 0 Å². The van der Waals surface area contributed by atoms with Crippen molar-refractivity contribution in [2.45, 2.75) is 51.7 Å². The number of ether oxygens (including phenoxy) is 1. The zero-order valence-electron chi connectivity index (χ0n) is 11.7. The lowest BCUT2D eigenvalue weighted by molar-refractivity contribution is 0.0659. The van der Waals surface area contributed by atoms with Crippen molar-refractivity contribution in [3.8, 4) is 0 Å². The molecule has 1 aliphatic rings. The molecule has 104 valence electrons. The van der Waals surface area contributed by atoms with Crippen molar-refractivity contribution in [3.05, 3.63) is 35.9 Å². The molecule has 2 rings (SSSR count). The monoisotopic (exact) mass is 261 g/mol. The average molecular weight is 261 g/mol. The Labute approximate surface area is 115 Å². The van der Waals surface area contributed by atoms with E-state index in [0.717, 1.165) is 37.8 Å². The van der Waals surface area contributed by atoms with Crippen LogP contribution < -0.4 is 0 Å². The van der Waals surface area contributed by atoms with Crippen LogP contribution in [0.15, 0.2) is 30.3 Å². The standard InChI is InChI=1S/C16H23NO2/c1-2-8-15-11-6-7-12-17(15)16(18)19-13-14-9-4-3-5-10-14/h3-5,9-10,15H,2,6-8,11-13H2,1H3/t15-/m0/s1. The van der Waals surface area contributed by atoms with Gasteiger partial charge < -0.3 is 9.64 Å². The Bertz CT molecular complexity index is 389. The lowest BCUT2D eigenvalue weighted by Gasteiger charge is -2.34. The molecule has 1 saturated heterocycles. The molecule has 0 bridgehead atoms. The smallest absolute Gasteiger partial charge is 0.410 e. The Morgan fingerprint density at radius 3 is 2.84 bits per heavy atom. The largest absolute Gasteiger partial charge is 0.445 e. The van der Waals surface area contributed by atoms with Gasteiger partial charge in [0.1, 0.15) is 6.61 Å². The predicted octanol–water partition coefficient (Wildman–Crippen LogP) is 3.98. The van der Waals surface area contributed by atoms with Crippen LogP contribution in [-0.4, -0.2) is 23.6 Å². The van der Waals surface area contributed by atoms with Crippen LogP contribution in [0.25, 0.3) is 0 Å². The van der Waals surface area contributed by atoms with E-state index in [1.165, 1.54) is 6.42 Å². The maximum absolute atomic E-state index is 12.2. The molecule has 0 radical (unpaired) electrons. The first kappa shape index (κ1) is 13.9. The van der Waals surface area contributed by atoms with Crippen molar-refractivity contribution < 1.29 is 9.53 Å². The van der Waals surface area contributed by atoms with Crippen molar-refractivity contribution in [2.24, 2.45) is 0 Å². The highest BCUT2D eigenvalue weighted by molar-refractivity contribution is 5.68. The molecule has 0 unspecified atom stereocenters. The lowest BCUT2D eigenvalue weighted by atomic mass is 9.99. The molecule has 1 amide bonds. The topological polar surface area (TPSA) is 29.5 Å². The van der Waals surface area contributed by atoms with Crippen molar-refractivity contribution in [3.63, 3.8) is 0 Å². The number of amides is 1. The molecular weight excluding hydrogens is 238 g/mol. The molecule has 3 nitrogen and oxygen atoms in total. The van der Waals surface area contributed by atoms with Gasteiger partial charge in [0.05, 0.1) is 0 Å². The van der Waals surface area contributed by atoms with Gasteiger partial charge in [0.15, 0.2) is 0 Å². The van der Waals surface area contributed by atoms with Crippen LogP contribution >= 0.6 is 0 Å². The first-order chi connectivity index (χ1) is 9.31. The molecule has 1 aromatic rings. The van der Waals surface area contributed by atoms with E-state index >= 15 is 0 Å². The van der Waals surface area contributed by atoms with Gasteiger partial charge in [0.2, 0.25) is 0 Å². The van der Waals surface area contributed by atoms with Crippen LogP contribution in [0.3, 0.4) is 0 Å². The summed E-state index contributed by atoms with van der Waals surface area (Å²) < 4.78 is 5.43. The summed E-state index contributed by atoms with van der Waals surface area (Å²) in [4.78, 5) is 14.1. The van der Waals surface area contributed by atoms with Gasteiger partial charge in [0, 0.05) is 12.6 Å². The van der Waals surface area contributed by atoms with Crippen molar-refractivity contribution in [2.75, 3.05) is 6.54 Å². The van der Waals surface area contributed by atoms with Gasteiger partial charge in [-0.1, -0.05) is 43.7 Å². The Morgan fingerprint density at radius 2 is 2.11 bits per heavy atom. The SMILES string of the molecule is CCC[C@H]1CCCCN1C(=O)OCc1ccccc1. The fourth-order valence-corrected chi connectivity index (χ4v) is 2.68. The predicted molar refractivity (Wildman–Crippen MR) is 75.9 cm³/mol. The normalized spacial score (nSPS) is 19.2. The quantitative estimate of drug-likeness (QED) is 0.820. The van der Waals surface area contributed by atoms with E-state index in [4.69, 9.17) is 4.74 Å². The zero-order valence-corrected chi connectivity index (χ0v) is 11.7. The summed E-state index contributed by atoms with van der Waals surface area (Å²) in [6.45, 7) is 3.38. The molecule has 1 aliphatic heterocycles. The minimum atomic E-state index is -0.151. The van der Waals surface area contributed by atoms with Gasteiger partial charge in [-0.15, -0.1) is 0 Å². The van der Waals surface area contributed by atoms with Gasteiger partial charge in [0.25, 0.3) is 0 Å². The van der Waals surface area contributed by atoms with E-state index in [9.17, 15) is 4.79 Å². The van der Waals surface area contributed by atoms with Crippen LogP contribution in [0.5, 0.6) is 0 Å². The summed E-state index contributed by atoms with van der Waals surface area (Å²) in [6, 6.07) is 10.2. The molecule has 1 heterocycles. The highest BCUT2D eigenvalue weighted by Crippen LogP contribution is 2.21. The van der Waals surface area contributed by atoms with E-state index in [2.05, 4.69) is 6.92 Å². The second kappa shape index (κ2) is 7.17. The molecule has 0 spiro atoms. The van der Waals surface area contributed by atoms with Crippen molar-refractivity contribution in [1.82, 2.24) is 4.90 Å². The molecule has 19 heavy (non-hydrogen) atoms. The van der Waals surface area contributed by atoms with Crippen LogP contribution in [0.4, 0.5) is 4.79 Å². The molecule has 0 N–H and O–H groups in total. The highest BCUT2D eigenvalue weighted by atomic mass is 16.6. The van der Waals surface area contributed by atoms with E-state index in [1.807, 2.05) is 35.2 Å². The Balaban J connectivity index is 1.87. The number of nitrogens with zero attached hydrogens (tertiary/aromatic N) is 1. The molecule has 1 fully saturated rings. The number of hydrogen-bond donors (Lipinski definition) is 0. The third-order valence-corrected chi connectivity index (χ3v) is 3.69. The maximum Gasteiger partial charge on any atom is 0.410 e. The number of piperidine rings is 1. The third-order valence-electron chi connectivity index (χ3n) is 3.69. The second-order valence-electron chi connectivity index (χ2n) is 5.17. The number of carbonyl (C=O) groups excluding carboxylic acids is 1. The van der Waals surface area contributed by atoms with Crippen molar-refractivity contribution in [1.29, 1.82) is 0 Å². The lowest BCUT2D eigenvalue weighted by Crippen LogP contribution is -2.43. The molecule has 0 saturated carbocycles. The Hall–Kier alpha value is -1.51. The molecule has 1 atom stereocenters. The summed E-state index contributed by atoms with van der Waals surface area (Å²) in [5.74, 6) is 0. The summed E-state index contributed by atoms with van der Waals surface area (Å²) in [7, 11) is 0. The molecule has 1 aromatic carbocycles. The van der Waals surface area contributed by atoms with E-state index in [0.29, 0.717) is 12.6 Å². The molecule has 3 heteroatoms. The van der Waals surface area contributed by atoms with E-state index in [1.54, 1.807) is 0 Å². The fraction of sp³-hybridized carbons (Fsp3) is 0.562. The summed E-state index contributed by atoms with van der Waals surface area (Å²) >= 11 is 0. The summed E-state index contributed by atoms with van der Waals surface area (Å²) in [5, 5.41) is 0. The number of likely N-dealkylation sites (tertiary alicyclic amines) is 1.